The maximum absolute atomic E-state index is 5.48. The molecular formula is C7H14O2. The Morgan fingerprint density at radius 2 is 2.22 bits per heavy atom. The zero-order chi connectivity index (χ0) is 6.91. The van der Waals surface area contributed by atoms with Crippen LogP contribution in [0.1, 0.15) is 27.2 Å². The van der Waals surface area contributed by atoms with Crippen LogP contribution >= 0.6 is 0 Å². The Hall–Kier alpha value is -0.0800. The monoisotopic (exact) mass is 130 g/mol. The number of hydrogen-bond acceptors (Lipinski definition) is 2. The topological polar surface area (TPSA) is 18.5 Å². The van der Waals surface area contributed by atoms with Gasteiger partial charge in [-0.3, -0.25) is 0 Å². The van der Waals surface area contributed by atoms with Crippen LogP contribution < -0.4 is 0 Å². The first-order valence-corrected chi connectivity index (χ1v) is 3.43. The highest BCUT2D eigenvalue weighted by Crippen LogP contribution is 2.22. The lowest BCUT2D eigenvalue weighted by molar-refractivity contribution is -0.0791. The van der Waals surface area contributed by atoms with E-state index in [0.717, 1.165) is 13.0 Å². The van der Waals surface area contributed by atoms with Gasteiger partial charge in [-0.05, 0) is 20.3 Å². The highest BCUT2D eigenvalue weighted by molar-refractivity contribution is 4.73. The first-order valence-electron chi connectivity index (χ1n) is 3.43. The summed E-state index contributed by atoms with van der Waals surface area (Å²) in [7, 11) is 0. The number of ether oxygens (including phenoxy) is 2. The maximum atomic E-state index is 5.48. The molecule has 1 aliphatic heterocycles. The van der Waals surface area contributed by atoms with Gasteiger partial charge in [-0.2, -0.15) is 0 Å². The molecule has 1 rings (SSSR count). The Kier molecular flexibility index (Phi) is 1.78. The van der Waals surface area contributed by atoms with Crippen molar-refractivity contribution in [2.24, 2.45) is 0 Å². The first kappa shape index (κ1) is 7.03. The zero-order valence-corrected chi connectivity index (χ0v) is 6.31. The van der Waals surface area contributed by atoms with Crippen molar-refractivity contribution in [1.82, 2.24) is 0 Å². The van der Waals surface area contributed by atoms with Crippen molar-refractivity contribution in [2.75, 3.05) is 6.61 Å². The molecule has 0 aromatic heterocycles. The molecule has 1 aliphatic rings. The minimum absolute atomic E-state index is 0.0417. The predicted molar refractivity (Wildman–Crippen MR) is 35.2 cm³/mol. The molecule has 0 bridgehead atoms. The van der Waals surface area contributed by atoms with Crippen LogP contribution in [0.15, 0.2) is 0 Å². The molecule has 1 saturated heterocycles. The van der Waals surface area contributed by atoms with E-state index in [1.54, 1.807) is 0 Å². The van der Waals surface area contributed by atoms with E-state index in [0.29, 0.717) is 0 Å². The maximum Gasteiger partial charge on any atom is 0.158 e. The van der Waals surface area contributed by atoms with E-state index in [2.05, 4.69) is 6.92 Å². The van der Waals surface area contributed by atoms with E-state index in [1.807, 2.05) is 13.8 Å². The van der Waals surface area contributed by atoms with E-state index in [4.69, 9.17) is 9.47 Å². The van der Waals surface area contributed by atoms with Gasteiger partial charge in [0, 0.05) is 0 Å². The Labute approximate surface area is 56.2 Å². The van der Waals surface area contributed by atoms with Crippen molar-refractivity contribution in [3.05, 3.63) is 0 Å². The molecule has 1 heterocycles. The van der Waals surface area contributed by atoms with Gasteiger partial charge in [0.05, 0.1) is 12.2 Å². The molecule has 2 nitrogen and oxygen atoms in total. The number of rotatable bonds is 1. The minimum Gasteiger partial charge on any atom is -0.350 e. The fraction of sp³-hybridized carbons (Fsp3) is 1.00. The molecule has 2 heteroatoms. The summed E-state index contributed by atoms with van der Waals surface area (Å²) in [6.07, 6.45) is 0.990. The Balaban J connectivity index is 2.38. The van der Waals surface area contributed by atoms with Gasteiger partial charge >= 0.3 is 0 Å². The van der Waals surface area contributed by atoms with Gasteiger partial charge in [-0.1, -0.05) is 6.92 Å². The summed E-state index contributed by atoms with van der Waals surface area (Å²) in [5.74, 6) is 0. The second-order valence-corrected chi connectivity index (χ2v) is 3.03. The van der Waals surface area contributed by atoms with Crippen LogP contribution in [0.5, 0.6) is 0 Å². The molecule has 0 N–H and O–H groups in total. The Morgan fingerprint density at radius 3 is 2.44 bits per heavy atom. The van der Waals surface area contributed by atoms with Crippen molar-refractivity contribution in [3.63, 3.8) is 0 Å². The fourth-order valence-corrected chi connectivity index (χ4v) is 0.919. The summed E-state index contributed by atoms with van der Waals surface area (Å²) >= 11 is 0. The quantitative estimate of drug-likeness (QED) is 0.536. The van der Waals surface area contributed by atoms with Crippen LogP contribution in [0.25, 0.3) is 0 Å². The second-order valence-electron chi connectivity index (χ2n) is 3.03. The van der Waals surface area contributed by atoms with Crippen LogP contribution in [0.2, 0.25) is 0 Å². The molecular weight excluding hydrogens is 116 g/mol. The highest BCUT2D eigenvalue weighted by Gasteiger charge is 2.31. The van der Waals surface area contributed by atoms with Crippen LogP contribution in [0.3, 0.4) is 0 Å². The lowest BCUT2D eigenvalue weighted by atomic mass is 10.2. The molecule has 0 aromatic carbocycles. The van der Waals surface area contributed by atoms with Crippen LogP contribution in [-0.2, 0) is 9.47 Å². The molecule has 0 aromatic rings. The molecule has 0 aliphatic carbocycles. The molecule has 54 valence electrons. The minimum atomic E-state index is -0.0549. The smallest absolute Gasteiger partial charge is 0.158 e. The summed E-state index contributed by atoms with van der Waals surface area (Å²) in [6.45, 7) is 6.88. The molecule has 0 unspecified atom stereocenters. The zero-order valence-electron chi connectivity index (χ0n) is 6.31. The molecule has 0 saturated carbocycles. The summed E-state index contributed by atoms with van der Waals surface area (Å²) in [4.78, 5) is 0. The SMILES string of the molecule is CC[C@H]1OCC(C)(C)O1. The summed E-state index contributed by atoms with van der Waals surface area (Å²) < 4.78 is 10.8. The van der Waals surface area contributed by atoms with Gasteiger partial charge in [0.2, 0.25) is 0 Å². The van der Waals surface area contributed by atoms with Crippen molar-refractivity contribution < 1.29 is 9.47 Å². The van der Waals surface area contributed by atoms with E-state index >= 15 is 0 Å². The Bertz CT molecular complexity index is 99.1. The van der Waals surface area contributed by atoms with Crippen molar-refractivity contribution in [2.45, 2.75) is 39.1 Å². The normalized spacial score (nSPS) is 33.0. The molecule has 9 heavy (non-hydrogen) atoms. The summed E-state index contributed by atoms with van der Waals surface area (Å²) in [6, 6.07) is 0. The fourth-order valence-electron chi connectivity index (χ4n) is 0.919. The first-order chi connectivity index (χ1) is 4.14. The summed E-state index contributed by atoms with van der Waals surface area (Å²) in [5, 5.41) is 0. The van der Waals surface area contributed by atoms with Crippen molar-refractivity contribution in [3.8, 4) is 0 Å². The van der Waals surface area contributed by atoms with Gasteiger partial charge < -0.3 is 9.47 Å². The van der Waals surface area contributed by atoms with Crippen LogP contribution in [0.4, 0.5) is 0 Å². The highest BCUT2D eigenvalue weighted by atomic mass is 16.7. The average Bonchev–Trinajstić information content (AvgIpc) is 2.10. The van der Waals surface area contributed by atoms with Gasteiger partial charge in [0.15, 0.2) is 6.29 Å². The van der Waals surface area contributed by atoms with Gasteiger partial charge in [0.1, 0.15) is 0 Å². The lowest BCUT2D eigenvalue weighted by Crippen LogP contribution is -2.22. The molecule has 0 spiro atoms. The van der Waals surface area contributed by atoms with Gasteiger partial charge in [0.25, 0.3) is 0 Å². The Morgan fingerprint density at radius 1 is 1.56 bits per heavy atom. The van der Waals surface area contributed by atoms with Gasteiger partial charge in [-0.15, -0.1) is 0 Å². The van der Waals surface area contributed by atoms with Crippen molar-refractivity contribution in [1.29, 1.82) is 0 Å². The van der Waals surface area contributed by atoms with E-state index in [9.17, 15) is 0 Å². The average molecular weight is 130 g/mol. The van der Waals surface area contributed by atoms with E-state index in [-0.39, 0.29) is 11.9 Å². The van der Waals surface area contributed by atoms with E-state index in [1.165, 1.54) is 0 Å². The third-order valence-corrected chi connectivity index (χ3v) is 1.40. The third kappa shape index (κ3) is 1.66. The largest absolute Gasteiger partial charge is 0.350 e. The third-order valence-electron chi connectivity index (χ3n) is 1.40. The molecule has 0 radical (unpaired) electrons. The second kappa shape index (κ2) is 2.27. The number of hydrogen-bond donors (Lipinski definition) is 0. The predicted octanol–water partition coefficient (Wildman–Crippen LogP) is 1.55. The lowest BCUT2D eigenvalue weighted by Gasteiger charge is -2.14. The van der Waals surface area contributed by atoms with Crippen molar-refractivity contribution >= 4 is 0 Å². The molecule has 0 amide bonds. The summed E-state index contributed by atoms with van der Waals surface area (Å²) in [5.41, 5.74) is -0.0549. The van der Waals surface area contributed by atoms with E-state index < -0.39 is 0 Å². The van der Waals surface area contributed by atoms with Gasteiger partial charge in [-0.25, -0.2) is 0 Å². The van der Waals surface area contributed by atoms with Crippen LogP contribution in [0, 0.1) is 0 Å². The molecule has 1 fully saturated rings. The standard InChI is InChI=1S/C7H14O2/c1-4-6-8-5-7(2,3)9-6/h6H,4-5H2,1-3H3/t6-/m0/s1. The van der Waals surface area contributed by atoms with Crippen LogP contribution in [-0.4, -0.2) is 18.5 Å². The molecule has 1 atom stereocenters.